The quantitative estimate of drug-likeness (QED) is 0.782. The first-order chi connectivity index (χ1) is 9.65. The summed E-state index contributed by atoms with van der Waals surface area (Å²) in [5, 5.41) is 15.9. The summed E-state index contributed by atoms with van der Waals surface area (Å²) in [5.74, 6) is -1.30. The molecule has 0 aromatic carbocycles. The van der Waals surface area contributed by atoms with Crippen LogP contribution in [-0.4, -0.2) is 34.6 Å². The number of thiazole rings is 1. The van der Waals surface area contributed by atoms with Crippen LogP contribution in [0.4, 0.5) is 5.13 Å². The number of piperidine rings is 1. The second-order valence-corrected chi connectivity index (χ2v) is 6.32. The number of aromatic nitrogens is 1. The van der Waals surface area contributed by atoms with E-state index in [1.165, 1.54) is 11.3 Å². The van der Waals surface area contributed by atoms with Crippen molar-refractivity contribution in [2.45, 2.75) is 44.1 Å². The number of nitrogens with zero attached hydrogens (tertiary/aromatic N) is 1. The fourth-order valence-corrected chi connectivity index (χ4v) is 3.90. The molecule has 7 heteroatoms. The van der Waals surface area contributed by atoms with Crippen LogP contribution < -0.4 is 10.6 Å². The van der Waals surface area contributed by atoms with Gasteiger partial charge in [-0.2, -0.15) is 0 Å². The molecule has 20 heavy (non-hydrogen) atoms. The van der Waals surface area contributed by atoms with Gasteiger partial charge in [0, 0.05) is 11.4 Å². The zero-order valence-corrected chi connectivity index (χ0v) is 11.8. The van der Waals surface area contributed by atoms with Gasteiger partial charge in [-0.05, 0) is 32.1 Å². The molecule has 0 saturated carbocycles. The molecule has 1 aromatic rings. The third-order valence-electron chi connectivity index (χ3n) is 3.84. The first kappa shape index (κ1) is 13.4. The van der Waals surface area contributed by atoms with Crippen LogP contribution in [-0.2, 0) is 16.0 Å². The second-order valence-electron chi connectivity index (χ2n) is 5.24. The van der Waals surface area contributed by atoms with E-state index in [-0.39, 0.29) is 11.9 Å². The van der Waals surface area contributed by atoms with Gasteiger partial charge in [0.2, 0.25) is 5.91 Å². The zero-order valence-electron chi connectivity index (χ0n) is 11.0. The number of carboxylic acids is 1. The third kappa shape index (κ3) is 2.49. The Bertz CT molecular complexity index is 543. The highest BCUT2D eigenvalue weighted by molar-refractivity contribution is 7.15. The highest BCUT2D eigenvalue weighted by Crippen LogP contribution is 2.37. The van der Waals surface area contributed by atoms with E-state index in [0.29, 0.717) is 17.2 Å². The number of aryl methyl sites for hydroxylation is 1. The van der Waals surface area contributed by atoms with Crippen LogP contribution in [0.3, 0.4) is 0 Å². The van der Waals surface area contributed by atoms with E-state index in [1.807, 2.05) is 0 Å². The summed E-state index contributed by atoms with van der Waals surface area (Å²) in [7, 11) is 0. The molecule has 1 aliphatic heterocycles. The molecule has 1 amide bonds. The number of hydrogen-bond acceptors (Lipinski definition) is 5. The first-order valence-electron chi connectivity index (χ1n) is 6.92. The van der Waals surface area contributed by atoms with Gasteiger partial charge in [-0.3, -0.25) is 9.59 Å². The number of fused-ring (bicyclic) bond motifs is 1. The van der Waals surface area contributed by atoms with Crippen LogP contribution in [0.2, 0.25) is 0 Å². The fourth-order valence-electron chi connectivity index (χ4n) is 2.78. The van der Waals surface area contributed by atoms with Gasteiger partial charge in [-0.25, -0.2) is 4.98 Å². The van der Waals surface area contributed by atoms with Crippen molar-refractivity contribution in [3.63, 3.8) is 0 Å². The van der Waals surface area contributed by atoms with E-state index in [2.05, 4.69) is 15.6 Å². The Morgan fingerprint density at radius 3 is 3.00 bits per heavy atom. The molecule has 0 spiro atoms. The number of carbonyl (C=O) groups excluding carboxylic acids is 1. The van der Waals surface area contributed by atoms with Gasteiger partial charge in [-0.15, -0.1) is 11.3 Å². The lowest BCUT2D eigenvalue weighted by Gasteiger charge is -2.22. The SMILES string of the molecule is O=C1NCCCC1Nc1nc2c(s1)CCCC2C(=O)O. The smallest absolute Gasteiger partial charge is 0.312 e. The highest BCUT2D eigenvalue weighted by Gasteiger charge is 2.31. The van der Waals surface area contributed by atoms with Gasteiger partial charge in [0.1, 0.15) is 12.0 Å². The number of hydrogen-bond donors (Lipinski definition) is 3. The molecule has 2 aliphatic rings. The van der Waals surface area contributed by atoms with Crippen LogP contribution >= 0.6 is 11.3 Å². The fraction of sp³-hybridized carbons (Fsp3) is 0.615. The Morgan fingerprint density at radius 2 is 2.25 bits per heavy atom. The van der Waals surface area contributed by atoms with Crippen LogP contribution in [0.25, 0.3) is 0 Å². The molecular weight excluding hydrogens is 278 g/mol. The zero-order chi connectivity index (χ0) is 14.1. The Labute approximate surface area is 120 Å². The van der Waals surface area contributed by atoms with Crippen LogP contribution in [0.5, 0.6) is 0 Å². The lowest BCUT2D eigenvalue weighted by Crippen LogP contribution is -2.44. The van der Waals surface area contributed by atoms with Crippen molar-refractivity contribution in [3.05, 3.63) is 10.6 Å². The summed E-state index contributed by atoms with van der Waals surface area (Å²) in [6.07, 6.45) is 4.16. The molecule has 1 aliphatic carbocycles. The number of amides is 1. The van der Waals surface area contributed by atoms with E-state index < -0.39 is 11.9 Å². The summed E-state index contributed by atoms with van der Waals surface area (Å²) < 4.78 is 0. The van der Waals surface area contributed by atoms with Crippen molar-refractivity contribution in [2.75, 3.05) is 11.9 Å². The van der Waals surface area contributed by atoms with E-state index in [4.69, 9.17) is 0 Å². The third-order valence-corrected chi connectivity index (χ3v) is 4.90. The summed E-state index contributed by atoms with van der Waals surface area (Å²) in [6, 6.07) is -0.250. The average Bonchev–Trinajstić information content (AvgIpc) is 2.83. The Kier molecular flexibility index (Phi) is 3.60. The van der Waals surface area contributed by atoms with Crippen molar-refractivity contribution in [1.29, 1.82) is 0 Å². The van der Waals surface area contributed by atoms with E-state index in [9.17, 15) is 14.7 Å². The van der Waals surface area contributed by atoms with Crippen molar-refractivity contribution in [2.24, 2.45) is 0 Å². The standard InChI is InChI=1S/C13H17N3O3S/c17-11-8(4-2-6-14-11)15-13-16-10-7(12(18)19)3-1-5-9(10)20-13/h7-8H,1-6H2,(H,14,17)(H,15,16)(H,18,19). The predicted molar refractivity (Wildman–Crippen MR) is 75.1 cm³/mol. The molecule has 108 valence electrons. The Morgan fingerprint density at radius 1 is 1.40 bits per heavy atom. The summed E-state index contributed by atoms with van der Waals surface area (Å²) in [6.45, 7) is 0.729. The first-order valence-corrected chi connectivity index (χ1v) is 7.73. The van der Waals surface area contributed by atoms with Gasteiger partial charge >= 0.3 is 5.97 Å². The van der Waals surface area contributed by atoms with Crippen molar-refractivity contribution in [1.82, 2.24) is 10.3 Å². The number of aliphatic carboxylic acids is 1. The second kappa shape index (κ2) is 5.40. The Hall–Kier alpha value is -1.63. The molecule has 0 bridgehead atoms. The average molecular weight is 295 g/mol. The van der Waals surface area contributed by atoms with Gasteiger partial charge < -0.3 is 15.7 Å². The number of carbonyl (C=O) groups is 2. The minimum Gasteiger partial charge on any atom is -0.481 e. The van der Waals surface area contributed by atoms with Crippen molar-refractivity contribution < 1.29 is 14.7 Å². The van der Waals surface area contributed by atoms with E-state index in [1.54, 1.807) is 0 Å². The van der Waals surface area contributed by atoms with E-state index >= 15 is 0 Å². The van der Waals surface area contributed by atoms with Crippen molar-refractivity contribution in [3.8, 4) is 0 Å². The molecule has 3 rings (SSSR count). The predicted octanol–water partition coefficient (Wildman–Crippen LogP) is 1.34. The largest absolute Gasteiger partial charge is 0.481 e. The lowest BCUT2D eigenvalue weighted by molar-refractivity contribution is -0.139. The lowest BCUT2D eigenvalue weighted by atomic mass is 9.91. The van der Waals surface area contributed by atoms with Gasteiger partial charge in [0.25, 0.3) is 0 Å². The molecule has 3 N–H and O–H groups in total. The molecule has 1 fully saturated rings. The Balaban J connectivity index is 1.78. The molecule has 1 aromatic heterocycles. The number of carboxylic acid groups (broad SMARTS) is 1. The van der Waals surface area contributed by atoms with Gasteiger partial charge in [0.15, 0.2) is 5.13 Å². The van der Waals surface area contributed by atoms with Crippen LogP contribution in [0, 0.1) is 0 Å². The van der Waals surface area contributed by atoms with Gasteiger partial charge in [0.05, 0.1) is 5.69 Å². The molecule has 0 radical (unpaired) electrons. The number of nitrogens with one attached hydrogen (secondary N) is 2. The normalized spacial score (nSPS) is 25.7. The van der Waals surface area contributed by atoms with Gasteiger partial charge in [-0.1, -0.05) is 0 Å². The summed E-state index contributed by atoms with van der Waals surface area (Å²) in [4.78, 5) is 28.4. The summed E-state index contributed by atoms with van der Waals surface area (Å²) >= 11 is 1.49. The topological polar surface area (TPSA) is 91.3 Å². The molecule has 2 heterocycles. The van der Waals surface area contributed by atoms with E-state index in [0.717, 1.165) is 37.1 Å². The maximum Gasteiger partial charge on any atom is 0.312 e. The molecule has 2 unspecified atom stereocenters. The minimum absolute atomic E-state index is 0.000735. The molecule has 2 atom stereocenters. The molecule has 6 nitrogen and oxygen atoms in total. The molecule has 1 saturated heterocycles. The maximum atomic E-state index is 11.7. The van der Waals surface area contributed by atoms with Crippen LogP contribution in [0.15, 0.2) is 0 Å². The monoisotopic (exact) mass is 295 g/mol. The highest BCUT2D eigenvalue weighted by atomic mass is 32.1. The summed E-state index contributed by atoms with van der Waals surface area (Å²) in [5.41, 5.74) is 0.687. The van der Waals surface area contributed by atoms with Crippen LogP contribution in [0.1, 0.15) is 42.2 Å². The number of rotatable bonds is 3. The minimum atomic E-state index is -0.807. The van der Waals surface area contributed by atoms with Crippen molar-refractivity contribution >= 4 is 28.3 Å². The molecular formula is C13H17N3O3S. The number of anilines is 1. The maximum absolute atomic E-state index is 11.7.